The standard InChI is InChI=1S/C15H21NO2/c1-3-17-14-6-4-5-7-15(14)18-11-12(2)10-16-13-8-9-13/h4-7,13,16H,2-3,8-11H2,1H3. The van der Waals surface area contributed by atoms with E-state index in [1.165, 1.54) is 12.8 Å². The number of rotatable bonds is 8. The molecule has 1 aromatic carbocycles. The van der Waals surface area contributed by atoms with Gasteiger partial charge in [0.05, 0.1) is 6.61 Å². The van der Waals surface area contributed by atoms with Gasteiger partial charge >= 0.3 is 0 Å². The number of ether oxygens (including phenoxy) is 2. The Labute approximate surface area is 109 Å². The second-order valence-corrected chi connectivity index (χ2v) is 4.57. The van der Waals surface area contributed by atoms with Gasteiger partial charge < -0.3 is 14.8 Å². The summed E-state index contributed by atoms with van der Waals surface area (Å²) in [5.74, 6) is 1.58. The van der Waals surface area contributed by atoms with Gasteiger partial charge in [-0.15, -0.1) is 0 Å². The summed E-state index contributed by atoms with van der Waals surface area (Å²) >= 11 is 0. The lowest BCUT2D eigenvalue weighted by Gasteiger charge is -2.13. The molecule has 0 spiro atoms. The zero-order chi connectivity index (χ0) is 12.8. The van der Waals surface area contributed by atoms with Crippen molar-refractivity contribution in [3.05, 3.63) is 36.4 Å². The molecule has 1 aliphatic carbocycles. The molecule has 0 aromatic heterocycles. The van der Waals surface area contributed by atoms with Gasteiger partial charge in [-0.1, -0.05) is 18.7 Å². The van der Waals surface area contributed by atoms with Crippen molar-refractivity contribution in [2.75, 3.05) is 19.8 Å². The lowest BCUT2D eigenvalue weighted by atomic mass is 10.3. The molecule has 1 aromatic rings. The highest BCUT2D eigenvalue weighted by atomic mass is 16.5. The number of nitrogens with one attached hydrogen (secondary N) is 1. The Morgan fingerprint density at radius 2 is 1.94 bits per heavy atom. The molecular formula is C15H21NO2. The van der Waals surface area contributed by atoms with Crippen molar-refractivity contribution >= 4 is 0 Å². The van der Waals surface area contributed by atoms with E-state index in [0.29, 0.717) is 19.3 Å². The number of hydrogen-bond acceptors (Lipinski definition) is 3. The summed E-state index contributed by atoms with van der Waals surface area (Å²) in [7, 11) is 0. The Morgan fingerprint density at radius 1 is 1.28 bits per heavy atom. The molecule has 0 amide bonds. The molecule has 1 N–H and O–H groups in total. The summed E-state index contributed by atoms with van der Waals surface area (Å²) in [6.45, 7) is 7.99. The van der Waals surface area contributed by atoms with E-state index in [1.54, 1.807) is 0 Å². The summed E-state index contributed by atoms with van der Waals surface area (Å²) in [5.41, 5.74) is 1.06. The van der Waals surface area contributed by atoms with Crippen LogP contribution in [0.25, 0.3) is 0 Å². The van der Waals surface area contributed by atoms with E-state index in [9.17, 15) is 0 Å². The Balaban J connectivity index is 1.78. The molecular weight excluding hydrogens is 226 g/mol. The van der Waals surface area contributed by atoms with Gasteiger partial charge in [-0.2, -0.15) is 0 Å². The molecule has 0 saturated heterocycles. The second-order valence-electron chi connectivity index (χ2n) is 4.57. The van der Waals surface area contributed by atoms with E-state index in [0.717, 1.165) is 23.6 Å². The van der Waals surface area contributed by atoms with Gasteiger partial charge in [0.25, 0.3) is 0 Å². The maximum Gasteiger partial charge on any atom is 0.161 e. The van der Waals surface area contributed by atoms with Gasteiger partial charge in [-0.25, -0.2) is 0 Å². The summed E-state index contributed by atoms with van der Waals surface area (Å²) in [5, 5.41) is 3.42. The van der Waals surface area contributed by atoms with Crippen LogP contribution in [0.2, 0.25) is 0 Å². The molecule has 3 heteroatoms. The molecule has 1 aliphatic rings. The first-order valence-corrected chi connectivity index (χ1v) is 6.54. The van der Waals surface area contributed by atoms with Gasteiger partial charge in [0, 0.05) is 12.6 Å². The average molecular weight is 247 g/mol. The van der Waals surface area contributed by atoms with Crippen LogP contribution in [0, 0.1) is 0 Å². The van der Waals surface area contributed by atoms with Crippen LogP contribution in [0.5, 0.6) is 11.5 Å². The molecule has 0 radical (unpaired) electrons. The van der Waals surface area contributed by atoms with Gasteiger partial charge in [0.1, 0.15) is 6.61 Å². The predicted octanol–water partition coefficient (Wildman–Crippen LogP) is 2.77. The Hall–Kier alpha value is -1.48. The van der Waals surface area contributed by atoms with E-state index in [1.807, 2.05) is 31.2 Å². The monoisotopic (exact) mass is 247 g/mol. The Morgan fingerprint density at radius 3 is 2.56 bits per heavy atom. The molecule has 98 valence electrons. The molecule has 0 bridgehead atoms. The summed E-state index contributed by atoms with van der Waals surface area (Å²) in [6.07, 6.45) is 2.59. The SMILES string of the molecule is C=C(CNC1CC1)COc1ccccc1OCC. The molecule has 1 fully saturated rings. The third-order valence-corrected chi connectivity index (χ3v) is 2.80. The third-order valence-electron chi connectivity index (χ3n) is 2.80. The van der Waals surface area contributed by atoms with Gasteiger partial charge in [0.2, 0.25) is 0 Å². The quantitative estimate of drug-likeness (QED) is 0.717. The van der Waals surface area contributed by atoms with Crippen LogP contribution in [0.15, 0.2) is 36.4 Å². The van der Waals surface area contributed by atoms with Crippen molar-refractivity contribution < 1.29 is 9.47 Å². The van der Waals surface area contributed by atoms with Gasteiger partial charge in [-0.05, 0) is 37.5 Å². The molecule has 0 aliphatic heterocycles. The normalized spacial score (nSPS) is 14.3. The van der Waals surface area contributed by atoms with Crippen molar-refractivity contribution in [1.29, 1.82) is 0 Å². The van der Waals surface area contributed by atoms with E-state index < -0.39 is 0 Å². The first kappa shape index (κ1) is 13.0. The van der Waals surface area contributed by atoms with Crippen LogP contribution in [-0.4, -0.2) is 25.8 Å². The minimum Gasteiger partial charge on any atom is -0.490 e. The van der Waals surface area contributed by atoms with Crippen LogP contribution >= 0.6 is 0 Å². The van der Waals surface area contributed by atoms with E-state index in [-0.39, 0.29) is 0 Å². The molecule has 0 heterocycles. The van der Waals surface area contributed by atoms with E-state index in [4.69, 9.17) is 9.47 Å². The molecule has 0 atom stereocenters. The maximum absolute atomic E-state index is 5.74. The predicted molar refractivity (Wildman–Crippen MR) is 73.3 cm³/mol. The summed E-state index contributed by atoms with van der Waals surface area (Å²) in [4.78, 5) is 0. The van der Waals surface area contributed by atoms with Gasteiger partial charge in [0.15, 0.2) is 11.5 Å². The topological polar surface area (TPSA) is 30.5 Å². The first-order valence-electron chi connectivity index (χ1n) is 6.54. The first-order chi connectivity index (χ1) is 8.79. The summed E-state index contributed by atoms with van der Waals surface area (Å²) < 4.78 is 11.2. The van der Waals surface area contributed by atoms with Crippen LogP contribution in [-0.2, 0) is 0 Å². The van der Waals surface area contributed by atoms with Crippen LogP contribution < -0.4 is 14.8 Å². The smallest absolute Gasteiger partial charge is 0.161 e. The number of para-hydroxylation sites is 2. The lowest BCUT2D eigenvalue weighted by Crippen LogP contribution is -2.21. The van der Waals surface area contributed by atoms with Crippen molar-refractivity contribution in [3.63, 3.8) is 0 Å². The highest BCUT2D eigenvalue weighted by molar-refractivity contribution is 5.39. The van der Waals surface area contributed by atoms with Crippen molar-refractivity contribution in [3.8, 4) is 11.5 Å². The Kier molecular flexibility index (Phi) is 4.65. The Bertz CT molecular complexity index is 399. The molecule has 18 heavy (non-hydrogen) atoms. The minimum atomic E-state index is 0.532. The molecule has 1 saturated carbocycles. The van der Waals surface area contributed by atoms with Crippen LogP contribution in [0.3, 0.4) is 0 Å². The van der Waals surface area contributed by atoms with Crippen LogP contribution in [0.1, 0.15) is 19.8 Å². The zero-order valence-corrected chi connectivity index (χ0v) is 10.9. The molecule has 2 rings (SSSR count). The zero-order valence-electron chi connectivity index (χ0n) is 10.9. The lowest BCUT2D eigenvalue weighted by molar-refractivity contribution is 0.291. The minimum absolute atomic E-state index is 0.532. The fourth-order valence-electron chi connectivity index (χ4n) is 1.65. The van der Waals surface area contributed by atoms with Crippen molar-refractivity contribution in [2.24, 2.45) is 0 Å². The highest BCUT2D eigenvalue weighted by Gasteiger charge is 2.20. The molecule has 3 nitrogen and oxygen atoms in total. The van der Waals surface area contributed by atoms with Crippen LogP contribution in [0.4, 0.5) is 0 Å². The summed E-state index contributed by atoms with van der Waals surface area (Å²) in [6, 6.07) is 8.44. The van der Waals surface area contributed by atoms with Crippen molar-refractivity contribution in [1.82, 2.24) is 5.32 Å². The second kappa shape index (κ2) is 6.45. The van der Waals surface area contributed by atoms with E-state index >= 15 is 0 Å². The number of benzene rings is 1. The molecule has 0 unspecified atom stereocenters. The fraction of sp³-hybridized carbons (Fsp3) is 0.467. The third kappa shape index (κ3) is 4.08. The highest BCUT2D eigenvalue weighted by Crippen LogP contribution is 2.26. The number of hydrogen-bond donors (Lipinski definition) is 1. The van der Waals surface area contributed by atoms with Crippen molar-refractivity contribution in [2.45, 2.75) is 25.8 Å². The van der Waals surface area contributed by atoms with Gasteiger partial charge in [-0.3, -0.25) is 0 Å². The maximum atomic E-state index is 5.74. The fourth-order valence-corrected chi connectivity index (χ4v) is 1.65. The van der Waals surface area contributed by atoms with E-state index in [2.05, 4.69) is 11.9 Å². The average Bonchev–Trinajstić information content (AvgIpc) is 3.20. The largest absolute Gasteiger partial charge is 0.490 e.